The van der Waals surface area contributed by atoms with Crippen LogP contribution in [0.5, 0.6) is 5.75 Å². The first-order valence-electron chi connectivity index (χ1n) is 9.45. The molecule has 1 amide bonds. The van der Waals surface area contributed by atoms with E-state index in [0.717, 1.165) is 5.56 Å². The van der Waals surface area contributed by atoms with Crippen molar-refractivity contribution in [3.63, 3.8) is 0 Å². The molecule has 0 aliphatic carbocycles. The van der Waals surface area contributed by atoms with E-state index in [1.165, 1.54) is 0 Å². The maximum atomic E-state index is 13.3. The van der Waals surface area contributed by atoms with Gasteiger partial charge in [0.15, 0.2) is 5.58 Å². The minimum absolute atomic E-state index is 0.353. The second-order valence-corrected chi connectivity index (χ2v) is 7.98. The number of halogens is 2. The number of carbonyl (C=O) groups is 1. The fourth-order valence-corrected chi connectivity index (χ4v) is 4.15. The normalized spacial score (nSPS) is 17.7. The van der Waals surface area contributed by atoms with Crippen LogP contribution in [0.25, 0.3) is 11.1 Å². The molecule has 0 unspecified atom stereocenters. The first-order chi connectivity index (χ1) is 15.0. The van der Waals surface area contributed by atoms with Gasteiger partial charge in [-0.2, -0.15) is 0 Å². The second-order valence-electron chi connectivity index (χ2n) is 7.16. The Kier molecular flexibility index (Phi) is 4.72. The van der Waals surface area contributed by atoms with Crippen molar-refractivity contribution in [3.05, 3.63) is 92.1 Å². The van der Waals surface area contributed by atoms with Gasteiger partial charge in [0, 0.05) is 18.2 Å². The molecule has 5 rings (SSSR count). The van der Waals surface area contributed by atoms with E-state index in [1.807, 2.05) is 12.1 Å². The van der Waals surface area contributed by atoms with Crippen molar-refractivity contribution in [3.8, 4) is 5.75 Å². The number of aromatic amines is 1. The molecule has 3 heterocycles. The van der Waals surface area contributed by atoms with Crippen LogP contribution in [0.3, 0.4) is 0 Å². The highest BCUT2D eigenvalue weighted by Crippen LogP contribution is 2.42. The third-order valence-corrected chi connectivity index (χ3v) is 6.07. The van der Waals surface area contributed by atoms with Crippen LogP contribution in [0.4, 0.5) is 0 Å². The number of ether oxygens (including phenoxy) is 1. The number of aromatic nitrogens is 2. The van der Waals surface area contributed by atoms with Crippen molar-refractivity contribution >= 4 is 40.2 Å². The van der Waals surface area contributed by atoms with Gasteiger partial charge in [-0.3, -0.25) is 14.8 Å². The third-order valence-electron chi connectivity index (χ3n) is 5.33. The molecule has 9 heteroatoms. The summed E-state index contributed by atoms with van der Waals surface area (Å²) in [6, 6.07) is 13.5. The number of rotatable bonds is 3. The molecule has 2 aromatic carbocycles. The highest BCUT2D eigenvalue weighted by molar-refractivity contribution is 6.42. The number of nitrogens with one attached hydrogen (secondary N) is 2. The van der Waals surface area contributed by atoms with Crippen molar-refractivity contribution in [2.24, 2.45) is 0 Å². The van der Waals surface area contributed by atoms with Crippen LogP contribution >= 0.6 is 23.2 Å². The van der Waals surface area contributed by atoms with E-state index >= 15 is 0 Å². The maximum absolute atomic E-state index is 13.3. The minimum Gasteiger partial charge on any atom is -0.491 e. The van der Waals surface area contributed by atoms with E-state index < -0.39 is 11.3 Å². The predicted octanol–water partition coefficient (Wildman–Crippen LogP) is 4.28. The zero-order valence-electron chi connectivity index (χ0n) is 15.9. The molecule has 0 bridgehead atoms. The van der Waals surface area contributed by atoms with Crippen LogP contribution in [-0.4, -0.2) is 22.5 Å². The number of fused-ring (bicyclic) bond motifs is 2. The van der Waals surface area contributed by atoms with E-state index in [-0.39, 0.29) is 5.91 Å². The summed E-state index contributed by atoms with van der Waals surface area (Å²) in [4.78, 5) is 31.9. The largest absolute Gasteiger partial charge is 0.491 e. The van der Waals surface area contributed by atoms with Gasteiger partial charge in [0.25, 0.3) is 5.91 Å². The zero-order valence-corrected chi connectivity index (χ0v) is 17.5. The maximum Gasteiger partial charge on any atom is 0.417 e. The molecule has 0 fully saturated rings. The van der Waals surface area contributed by atoms with Crippen molar-refractivity contribution < 1.29 is 13.9 Å². The SMILES string of the molecule is O=C(N[C@]1(c2ccc(Cl)c(Cl)c2)CCOc2cccnc21)c1ccc2oc(=O)[nH]c2c1. The molecule has 31 heavy (non-hydrogen) atoms. The molecule has 156 valence electrons. The number of pyridine rings is 1. The van der Waals surface area contributed by atoms with Gasteiger partial charge >= 0.3 is 5.76 Å². The number of nitrogens with zero attached hydrogens (tertiary/aromatic N) is 1. The fraction of sp³-hybridized carbons (Fsp3) is 0.136. The van der Waals surface area contributed by atoms with E-state index in [2.05, 4.69) is 15.3 Å². The highest BCUT2D eigenvalue weighted by atomic mass is 35.5. The molecular formula is C22H15Cl2N3O4. The van der Waals surface area contributed by atoms with Gasteiger partial charge in [-0.15, -0.1) is 0 Å². The van der Waals surface area contributed by atoms with E-state index in [9.17, 15) is 9.59 Å². The number of amides is 1. The molecule has 1 aliphatic rings. The minimum atomic E-state index is -0.987. The monoisotopic (exact) mass is 455 g/mol. The lowest BCUT2D eigenvalue weighted by atomic mass is 9.81. The predicted molar refractivity (Wildman–Crippen MR) is 116 cm³/mol. The van der Waals surface area contributed by atoms with Crippen molar-refractivity contribution in [1.82, 2.24) is 15.3 Å². The molecule has 7 nitrogen and oxygen atoms in total. The van der Waals surface area contributed by atoms with Crippen molar-refractivity contribution in [2.75, 3.05) is 6.61 Å². The lowest BCUT2D eigenvalue weighted by molar-refractivity contribution is 0.0884. The first kappa shape index (κ1) is 19.7. The molecule has 2 N–H and O–H groups in total. The Balaban J connectivity index is 1.63. The van der Waals surface area contributed by atoms with E-state index in [0.29, 0.717) is 51.2 Å². The fourth-order valence-electron chi connectivity index (χ4n) is 3.86. The quantitative estimate of drug-likeness (QED) is 0.480. The van der Waals surface area contributed by atoms with Crippen LogP contribution in [0.2, 0.25) is 10.0 Å². The molecule has 0 spiro atoms. The topological polar surface area (TPSA) is 97.2 Å². The Labute approximate surface area is 186 Å². The van der Waals surface area contributed by atoms with Gasteiger partial charge in [0.1, 0.15) is 17.0 Å². The highest BCUT2D eigenvalue weighted by Gasteiger charge is 2.42. The van der Waals surface area contributed by atoms with Crippen LogP contribution < -0.4 is 15.8 Å². The standard InChI is InChI=1S/C22H15Cl2N3O4/c23-14-5-4-13(11-15(14)24)22(7-9-30-18-2-1-8-25-19(18)22)27-20(28)12-3-6-17-16(10-12)26-21(29)31-17/h1-6,8,10-11H,7,9H2,(H,26,29)(H,27,28)/t22-/m0/s1. The van der Waals surface area contributed by atoms with Gasteiger partial charge in [-0.1, -0.05) is 29.3 Å². The summed E-state index contributed by atoms with van der Waals surface area (Å²) in [5.41, 5.74) is 1.49. The number of oxazole rings is 1. The summed E-state index contributed by atoms with van der Waals surface area (Å²) >= 11 is 12.4. The number of benzene rings is 2. The Hall–Kier alpha value is -3.29. The van der Waals surface area contributed by atoms with Gasteiger partial charge in [0.2, 0.25) is 0 Å². The molecule has 4 aromatic rings. The summed E-state index contributed by atoms with van der Waals surface area (Å²) in [7, 11) is 0. The average molecular weight is 456 g/mol. The summed E-state index contributed by atoms with van der Waals surface area (Å²) in [5, 5.41) is 3.91. The van der Waals surface area contributed by atoms with Crippen molar-refractivity contribution in [2.45, 2.75) is 12.0 Å². The zero-order chi connectivity index (χ0) is 21.6. The van der Waals surface area contributed by atoms with Crippen LogP contribution in [-0.2, 0) is 5.54 Å². The summed E-state index contributed by atoms with van der Waals surface area (Å²) in [6.45, 7) is 0.368. The molecule has 0 saturated carbocycles. The summed E-state index contributed by atoms with van der Waals surface area (Å²) in [6.07, 6.45) is 2.08. The molecular weight excluding hydrogens is 441 g/mol. The van der Waals surface area contributed by atoms with E-state index in [4.69, 9.17) is 32.4 Å². The second kappa shape index (κ2) is 7.44. The van der Waals surface area contributed by atoms with Crippen LogP contribution in [0.1, 0.15) is 28.0 Å². The van der Waals surface area contributed by atoms with Crippen LogP contribution in [0.15, 0.2) is 63.9 Å². The Morgan fingerprint density at radius 3 is 2.84 bits per heavy atom. The number of hydrogen-bond donors (Lipinski definition) is 2. The summed E-state index contributed by atoms with van der Waals surface area (Å²) in [5.74, 6) is -0.356. The van der Waals surface area contributed by atoms with E-state index in [1.54, 1.807) is 42.6 Å². The number of carbonyl (C=O) groups excluding carboxylic acids is 1. The lowest BCUT2D eigenvalue weighted by Gasteiger charge is -2.39. The molecule has 0 radical (unpaired) electrons. The molecule has 1 atom stereocenters. The molecule has 0 saturated heterocycles. The van der Waals surface area contributed by atoms with Crippen molar-refractivity contribution in [1.29, 1.82) is 0 Å². The Bertz CT molecular complexity index is 1380. The third kappa shape index (κ3) is 3.36. The first-order valence-corrected chi connectivity index (χ1v) is 10.2. The number of H-pyrrole nitrogens is 1. The Morgan fingerprint density at radius 1 is 1.13 bits per heavy atom. The smallest absolute Gasteiger partial charge is 0.417 e. The molecule has 1 aliphatic heterocycles. The van der Waals surface area contributed by atoms with Gasteiger partial charge in [-0.25, -0.2) is 4.79 Å². The van der Waals surface area contributed by atoms with Gasteiger partial charge < -0.3 is 14.5 Å². The van der Waals surface area contributed by atoms with Crippen LogP contribution in [0, 0.1) is 0 Å². The number of hydrogen-bond acceptors (Lipinski definition) is 5. The lowest BCUT2D eigenvalue weighted by Crippen LogP contribution is -2.50. The Morgan fingerprint density at radius 2 is 2.00 bits per heavy atom. The van der Waals surface area contributed by atoms with Gasteiger partial charge in [-0.05, 0) is 48.0 Å². The molecule has 2 aromatic heterocycles. The average Bonchev–Trinajstić information content (AvgIpc) is 3.15. The summed E-state index contributed by atoms with van der Waals surface area (Å²) < 4.78 is 10.8. The van der Waals surface area contributed by atoms with Gasteiger partial charge in [0.05, 0.1) is 22.2 Å².